The van der Waals surface area contributed by atoms with E-state index >= 15 is 0 Å². The summed E-state index contributed by atoms with van der Waals surface area (Å²) >= 11 is 0. The van der Waals surface area contributed by atoms with Crippen molar-refractivity contribution in [2.75, 3.05) is 37.0 Å². The summed E-state index contributed by atoms with van der Waals surface area (Å²) in [6, 6.07) is 14.8. The van der Waals surface area contributed by atoms with Gasteiger partial charge in [0.2, 0.25) is 0 Å². The summed E-state index contributed by atoms with van der Waals surface area (Å²) in [7, 11) is 3.82. The summed E-state index contributed by atoms with van der Waals surface area (Å²) < 4.78 is 5.21. The van der Waals surface area contributed by atoms with Gasteiger partial charge < -0.3 is 14.5 Å². The molecule has 1 amide bonds. The summed E-state index contributed by atoms with van der Waals surface area (Å²) in [6.45, 7) is 3.75. The van der Waals surface area contributed by atoms with Crippen molar-refractivity contribution in [3.05, 3.63) is 59.2 Å². The van der Waals surface area contributed by atoms with E-state index in [2.05, 4.69) is 6.07 Å². The monoisotopic (exact) mass is 379 g/mol. The van der Waals surface area contributed by atoms with Gasteiger partial charge in [0.1, 0.15) is 0 Å². The van der Waals surface area contributed by atoms with Crippen LogP contribution in [0.2, 0.25) is 0 Å². The standard InChI is InChI=1S/C22H25N3O3/c1-16-12-17(2)14-20(13-16)25(11-5-10-23)21(26)15-28-22(27)18-6-8-19(9-7-18)24(3)4/h6-9,12-14H,5,11,15H2,1-4H3. The predicted octanol–water partition coefficient (Wildman–Crippen LogP) is 3.47. The number of hydrogen-bond acceptors (Lipinski definition) is 5. The number of carbonyl (C=O) groups excluding carboxylic acids is 2. The van der Waals surface area contributed by atoms with Crippen LogP contribution in [-0.2, 0) is 9.53 Å². The number of benzene rings is 2. The second-order valence-electron chi connectivity index (χ2n) is 6.82. The van der Waals surface area contributed by atoms with E-state index in [1.54, 1.807) is 12.1 Å². The molecule has 2 aromatic rings. The van der Waals surface area contributed by atoms with Crippen molar-refractivity contribution in [1.29, 1.82) is 5.26 Å². The van der Waals surface area contributed by atoms with Crippen molar-refractivity contribution in [2.24, 2.45) is 0 Å². The van der Waals surface area contributed by atoms with Gasteiger partial charge in [-0.1, -0.05) is 6.07 Å². The van der Waals surface area contributed by atoms with Gasteiger partial charge in [0.15, 0.2) is 6.61 Å². The van der Waals surface area contributed by atoms with E-state index in [4.69, 9.17) is 10.00 Å². The molecule has 0 aromatic heterocycles. The van der Waals surface area contributed by atoms with Gasteiger partial charge >= 0.3 is 5.97 Å². The Morgan fingerprint density at radius 2 is 1.61 bits per heavy atom. The van der Waals surface area contributed by atoms with Crippen LogP contribution < -0.4 is 9.80 Å². The number of nitriles is 1. The first kappa shape index (κ1) is 21.0. The van der Waals surface area contributed by atoms with Crippen LogP contribution in [0.4, 0.5) is 11.4 Å². The number of anilines is 2. The second kappa shape index (κ2) is 9.56. The zero-order valence-corrected chi connectivity index (χ0v) is 16.7. The van der Waals surface area contributed by atoms with Crippen LogP contribution in [0.25, 0.3) is 0 Å². The maximum Gasteiger partial charge on any atom is 0.338 e. The largest absolute Gasteiger partial charge is 0.452 e. The number of aryl methyl sites for hydroxylation is 2. The van der Waals surface area contributed by atoms with E-state index in [-0.39, 0.29) is 25.5 Å². The molecule has 0 aliphatic carbocycles. The molecule has 0 saturated carbocycles. The van der Waals surface area contributed by atoms with Crippen LogP contribution in [0.15, 0.2) is 42.5 Å². The molecule has 0 heterocycles. The molecule has 2 aromatic carbocycles. The quantitative estimate of drug-likeness (QED) is 0.689. The Hall–Kier alpha value is -3.33. The first-order valence-electron chi connectivity index (χ1n) is 9.02. The fourth-order valence-corrected chi connectivity index (χ4v) is 2.85. The van der Waals surface area contributed by atoms with Crippen LogP contribution in [0.5, 0.6) is 0 Å². The Labute approximate surface area is 165 Å². The first-order valence-corrected chi connectivity index (χ1v) is 9.02. The number of esters is 1. The highest BCUT2D eigenvalue weighted by molar-refractivity contribution is 5.97. The molecule has 0 bridgehead atoms. The van der Waals surface area contributed by atoms with Gasteiger partial charge in [-0.25, -0.2) is 4.79 Å². The fraction of sp³-hybridized carbons (Fsp3) is 0.318. The summed E-state index contributed by atoms with van der Waals surface area (Å²) in [4.78, 5) is 28.4. The fourth-order valence-electron chi connectivity index (χ4n) is 2.85. The third-order valence-electron chi connectivity index (χ3n) is 4.21. The van der Waals surface area contributed by atoms with Gasteiger partial charge in [0, 0.05) is 32.0 Å². The molecule has 0 saturated heterocycles. The number of hydrogen-bond donors (Lipinski definition) is 0. The number of ether oxygens (including phenoxy) is 1. The molecule has 0 radical (unpaired) electrons. The average molecular weight is 379 g/mol. The SMILES string of the molecule is Cc1cc(C)cc(N(CCC#N)C(=O)COC(=O)c2ccc(N(C)C)cc2)c1. The van der Waals surface area contributed by atoms with Gasteiger partial charge in [-0.3, -0.25) is 4.79 Å². The molecular formula is C22H25N3O3. The maximum absolute atomic E-state index is 12.7. The molecule has 0 aliphatic heterocycles. The number of rotatable bonds is 7. The van der Waals surface area contributed by atoms with E-state index < -0.39 is 5.97 Å². The van der Waals surface area contributed by atoms with Crippen molar-refractivity contribution in [2.45, 2.75) is 20.3 Å². The number of amides is 1. The topological polar surface area (TPSA) is 73.6 Å². The summed E-state index contributed by atoms with van der Waals surface area (Å²) in [5.74, 6) is -0.919. The number of carbonyl (C=O) groups is 2. The summed E-state index contributed by atoms with van der Waals surface area (Å²) in [5, 5.41) is 8.90. The van der Waals surface area contributed by atoms with Crippen molar-refractivity contribution in [3.8, 4) is 6.07 Å². The molecule has 2 rings (SSSR count). The minimum Gasteiger partial charge on any atom is -0.452 e. The van der Waals surface area contributed by atoms with Gasteiger partial charge in [-0.2, -0.15) is 5.26 Å². The van der Waals surface area contributed by atoms with Crippen LogP contribution in [0, 0.1) is 25.2 Å². The zero-order chi connectivity index (χ0) is 20.7. The molecule has 0 unspecified atom stereocenters. The lowest BCUT2D eigenvalue weighted by Gasteiger charge is -2.22. The number of nitrogens with zero attached hydrogens (tertiary/aromatic N) is 3. The van der Waals surface area contributed by atoms with E-state index in [0.29, 0.717) is 11.3 Å². The van der Waals surface area contributed by atoms with Crippen molar-refractivity contribution < 1.29 is 14.3 Å². The lowest BCUT2D eigenvalue weighted by molar-refractivity contribution is -0.121. The van der Waals surface area contributed by atoms with E-state index in [0.717, 1.165) is 16.8 Å². The second-order valence-corrected chi connectivity index (χ2v) is 6.82. The highest BCUT2D eigenvalue weighted by atomic mass is 16.5. The molecule has 0 aliphatic rings. The molecule has 28 heavy (non-hydrogen) atoms. The molecule has 0 N–H and O–H groups in total. The zero-order valence-electron chi connectivity index (χ0n) is 16.7. The van der Waals surface area contributed by atoms with Crippen LogP contribution in [0.3, 0.4) is 0 Å². The van der Waals surface area contributed by atoms with E-state index in [1.807, 2.05) is 63.2 Å². The highest BCUT2D eigenvalue weighted by Gasteiger charge is 2.19. The Morgan fingerprint density at radius 1 is 1.00 bits per heavy atom. The average Bonchev–Trinajstić information content (AvgIpc) is 2.65. The van der Waals surface area contributed by atoms with Gasteiger partial charge in [-0.05, 0) is 61.4 Å². The predicted molar refractivity (Wildman–Crippen MR) is 110 cm³/mol. The van der Waals surface area contributed by atoms with E-state index in [1.165, 1.54) is 4.90 Å². The van der Waals surface area contributed by atoms with Gasteiger partial charge in [-0.15, -0.1) is 0 Å². The third kappa shape index (κ3) is 5.58. The van der Waals surface area contributed by atoms with Gasteiger partial charge in [0.05, 0.1) is 18.1 Å². The highest BCUT2D eigenvalue weighted by Crippen LogP contribution is 2.20. The molecule has 0 spiro atoms. The van der Waals surface area contributed by atoms with Crippen LogP contribution >= 0.6 is 0 Å². The van der Waals surface area contributed by atoms with Crippen molar-refractivity contribution in [3.63, 3.8) is 0 Å². The Kier molecular flexibility index (Phi) is 7.16. The van der Waals surface area contributed by atoms with Crippen molar-refractivity contribution in [1.82, 2.24) is 0 Å². The molecule has 6 nitrogen and oxygen atoms in total. The third-order valence-corrected chi connectivity index (χ3v) is 4.21. The van der Waals surface area contributed by atoms with E-state index in [9.17, 15) is 9.59 Å². The molecule has 0 fully saturated rings. The molecule has 146 valence electrons. The lowest BCUT2D eigenvalue weighted by atomic mass is 10.1. The maximum atomic E-state index is 12.7. The molecule has 6 heteroatoms. The normalized spacial score (nSPS) is 10.1. The molecular weight excluding hydrogens is 354 g/mol. The van der Waals surface area contributed by atoms with Crippen LogP contribution in [-0.4, -0.2) is 39.1 Å². The minimum atomic E-state index is -0.556. The minimum absolute atomic E-state index is 0.193. The Morgan fingerprint density at radius 3 is 2.14 bits per heavy atom. The first-order chi connectivity index (χ1) is 13.3. The van der Waals surface area contributed by atoms with Gasteiger partial charge in [0.25, 0.3) is 5.91 Å². The Balaban J connectivity index is 2.08. The summed E-state index contributed by atoms with van der Waals surface area (Å²) in [5.41, 5.74) is 4.08. The Bertz CT molecular complexity index is 863. The summed E-state index contributed by atoms with van der Waals surface area (Å²) in [6.07, 6.45) is 0.193. The lowest BCUT2D eigenvalue weighted by Crippen LogP contribution is -2.35. The smallest absolute Gasteiger partial charge is 0.338 e. The van der Waals surface area contributed by atoms with Crippen LogP contribution in [0.1, 0.15) is 27.9 Å². The van der Waals surface area contributed by atoms with Crippen molar-refractivity contribution >= 4 is 23.3 Å². The molecule has 0 atom stereocenters.